The monoisotopic (exact) mass is 256 g/mol. The number of likely N-dealkylation sites (tertiary alicyclic amines) is 1. The van der Waals surface area contributed by atoms with Crippen LogP contribution in [0.15, 0.2) is 42.1 Å². The van der Waals surface area contributed by atoms with Gasteiger partial charge >= 0.3 is 0 Å². The summed E-state index contributed by atoms with van der Waals surface area (Å²) in [7, 11) is 0. The first-order valence-electron chi connectivity index (χ1n) is 7.14. The van der Waals surface area contributed by atoms with Gasteiger partial charge in [0.25, 0.3) is 0 Å². The fraction of sp³-hybridized carbons (Fsp3) is 0.438. The number of ketones is 1. The first-order valence-corrected chi connectivity index (χ1v) is 7.14. The average molecular weight is 256 g/mol. The molecule has 0 bridgehead atoms. The number of hydrogen-bond donors (Lipinski definition) is 1. The summed E-state index contributed by atoms with van der Waals surface area (Å²) in [5, 5.41) is 3.24. The fourth-order valence-electron chi connectivity index (χ4n) is 2.92. The molecule has 1 aromatic carbocycles. The standard InChI is InChI=1S/C16H20N2O/c19-16-12-14(18-9-5-2-6-10-18)11-15(16)17-13-7-3-1-4-8-13/h1,3-4,7-8,11,14,17H,2,5-6,9-10,12H2/t14-/m0/s1. The normalized spacial score (nSPS) is 24.3. The Morgan fingerprint density at radius 3 is 2.53 bits per heavy atom. The molecule has 0 saturated carbocycles. The second kappa shape index (κ2) is 5.57. The van der Waals surface area contributed by atoms with Gasteiger partial charge in [-0.2, -0.15) is 0 Å². The number of anilines is 1. The molecule has 0 spiro atoms. The minimum Gasteiger partial charge on any atom is -0.353 e. The number of rotatable bonds is 3. The molecule has 0 aromatic heterocycles. The summed E-state index contributed by atoms with van der Waals surface area (Å²) in [6.45, 7) is 2.26. The zero-order valence-corrected chi connectivity index (χ0v) is 11.1. The molecule has 0 unspecified atom stereocenters. The van der Waals surface area contributed by atoms with E-state index in [0.29, 0.717) is 12.5 Å². The summed E-state index contributed by atoms with van der Waals surface area (Å²) < 4.78 is 0. The maximum absolute atomic E-state index is 12.1. The van der Waals surface area contributed by atoms with Crippen molar-refractivity contribution in [3.05, 3.63) is 42.1 Å². The van der Waals surface area contributed by atoms with Crippen LogP contribution in [-0.4, -0.2) is 29.8 Å². The Hall–Kier alpha value is -1.61. The number of nitrogens with zero attached hydrogens (tertiary/aromatic N) is 1. The van der Waals surface area contributed by atoms with E-state index in [2.05, 4.69) is 16.3 Å². The second-order valence-electron chi connectivity index (χ2n) is 5.36. The van der Waals surface area contributed by atoms with Gasteiger partial charge in [0.05, 0.1) is 5.70 Å². The number of para-hydroxylation sites is 1. The van der Waals surface area contributed by atoms with Crippen LogP contribution in [0.25, 0.3) is 0 Å². The average Bonchev–Trinajstić information content (AvgIpc) is 2.82. The molecule has 1 aliphatic carbocycles. The van der Waals surface area contributed by atoms with Gasteiger partial charge in [-0.25, -0.2) is 0 Å². The Morgan fingerprint density at radius 1 is 1.05 bits per heavy atom. The van der Waals surface area contributed by atoms with Crippen LogP contribution in [-0.2, 0) is 4.79 Å². The molecule has 1 aliphatic heterocycles. The van der Waals surface area contributed by atoms with Gasteiger partial charge in [0, 0.05) is 18.2 Å². The van der Waals surface area contributed by atoms with E-state index in [0.717, 1.165) is 24.5 Å². The van der Waals surface area contributed by atoms with E-state index in [4.69, 9.17) is 0 Å². The Bertz CT molecular complexity index is 475. The molecule has 1 fully saturated rings. The summed E-state index contributed by atoms with van der Waals surface area (Å²) in [5.41, 5.74) is 1.75. The van der Waals surface area contributed by atoms with Gasteiger partial charge in [-0.1, -0.05) is 24.6 Å². The third kappa shape index (κ3) is 2.87. The third-order valence-electron chi connectivity index (χ3n) is 3.97. The Labute approximate surface area is 114 Å². The largest absolute Gasteiger partial charge is 0.353 e. The summed E-state index contributed by atoms with van der Waals surface area (Å²) in [5.74, 6) is 0.236. The van der Waals surface area contributed by atoms with Crippen LogP contribution in [0.3, 0.4) is 0 Å². The van der Waals surface area contributed by atoms with Crippen LogP contribution in [0.5, 0.6) is 0 Å². The van der Waals surface area contributed by atoms with Gasteiger partial charge in [-0.15, -0.1) is 0 Å². The number of benzene rings is 1. The van der Waals surface area contributed by atoms with E-state index in [1.807, 2.05) is 30.3 Å². The van der Waals surface area contributed by atoms with Gasteiger partial charge in [0.1, 0.15) is 0 Å². The molecule has 1 aromatic rings. The molecular weight excluding hydrogens is 236 g/mol. The van der Waals surface area contributed by atoms with Crippen LogP contribution >= 0.6 is 0 Å². The molecular formula is C16H20N2O. The van der Waals surface area contributed by atoms with E-state index in [9.17, 15) is 4.79 Å². The van der Waals surface area contributed by atoms with Crippen LogP contribution in [0.2, 0.25) is 0 Å². The molecule has 100 valence electrons. The summed E-state index contributed by atoms with van der Waals surface area (Å²) >= 11 is 0. The zero-order chi connectivity index (χ0) is 13.1. The Kier molecular flexibility index (Phi) is 3.65. The molecule has 3 heteroatoms. The third-order valence-corrected chi connectivity index (χ3v) is 3.97. The van der Waals surface area contributed by atoms with E-state index >= 15 is 0 Å². The van der Waals surface area contributed by atoms with Gasteiger partial charge in [0.2, 0.25) is 0 Å². The van der Waals surface area contributed by atoms with Crippen LogP contribution < -0.4 is 5.32 Å². The number of carbonyl (C=O) groups excluding carboxylic acids is 1. The number of carbonyl (C=O) groups is 1. The highest BCUT2D eigenvalue weighted by molar-refractivity contribution is 6.01. The van der Waals surface area contributed by atoms with Crippen molar-refractivity contribution in [3.63, 3.8) is 0 Å². The molecule has 2 aliphatic rings. The van der Waals surface area contributed by atoms with E-state index in [1.54, 1.807) is 0 Å². The molecule has 3 nitrogen and oxygen atoms in total. The van der Waals surface area contributed by atoms with Crippen molar-refractivity contribution in [3.8, 4) is 0 Å². The van der Waals surface area contributed by atoms with Crippen molar-refractivity contribution in [1.29, 1.82) is 0 Å². The second-order valence-corrected chi connectivity index (χ2v) is 5.36. The van der Waals surface area contributed by atoms with Gasteiger partial charge < -0.3 is 5.32 Å². The molecule has 1 atom stereocenters. The lowest BCUT2D eigenvalue weighted by molar-refractivity contribution is -0.115. The molecule has 0 amide bonds. The van der Waals surface area contributed by atoms with Crippen molar-refractivity contribution >= 4 is 11.5 Å². The van der Waals surface area contributed by atoms with E-state index < -0.39 is 0 Å². The molecule has 3 rings (SSSR count). The number of hydrogen-bond acceptors (Lipinski definition) is 3. The Morgan fingerprint density at radius 2 is 1.79 bits per heavy atom. The highest BCUT2D eigenvalue weighted by Crippen LogP contribution is 2.24. The minimum atomic E-state index is 0.236. The molecule has 19 heavy (non-hydrogen) atoms. The van der Waals surface area contributed by atoms with Gasteiger partial charge in [0.15, 0.2) is 5.78 Å². The van der Waals surface area contributed by atoms with Crippen molar-refractivity contribution in [2.75, 3.05) is 18.4 Å². The minimum absolute atomic E-state index is 0.236. The van der Waals surface area contributed by atoms with Crippen molar-refractivity contribution in [2.45, 2.75) is 31.7 Å². The molecule has 0 radical (unpaired) electrons. The first-order chi connectivity index (χ1) is 9.33. The predicted octanol–water partition coefficient (Wildman–Crippen LogP) is 2.81. The molecule has 1 N–H and O–H groups in total. The van der Waals surface area contributed by atoms with Crippen LogP contribution in [0, 0.1) is 0 Å². The van der Waals surface area contributed by atoms with Crippen LogP contribution in [0.1, 0.15) is 25.7 Å². The lowest BCUT2D eigenvalue weighted by Gasteiger charge is -2.30. The summed E-state index contributed by atoms with van der Waals surface area (Å²) in [6, 6.07) is 10.2. The number of Topliss-reactive ketones (excluding diaryl/α,β-unsaturated/α-hetero) is 1. The quantitative estimate of drug-likeness (QED) is 0.902. The number of nitrogens with one attached hydrogen (secondary N) is 1. The SMILES string of the molecule is O=C1C[C@@H](N2CCCCC2)C=C1Nc1ccccc1. The van der Waals surface area contributed by atoms with Crippen molar-refractivity contribution in [2.24, 2.45) is 0 Å². The zero-order valence-electron chi connectivity index (χ0n) is 11.1. The van der Waals surface area contributed by atoms with Crippen molar-refractivity contribution < 1.29 is 4.79 Å². The smallest absolute Gasteiger partial charge is 0.180 e. The van der Waals surface area contributed by atoms with Crippen molar-refractivity contribution in [1.82, 2.24) is 4.90 Å². The summed E-state index contributed by atoms with van der Waals surface area (Å²) in [6.07, 6.45) is 6.60. The maximum Gasteiger partial charge on any atom is 0.180 e. The predicted molar refractivity (Wildman–Crippen MR) is 77.0 cm³/mol. The highest BCUT2D eigenvalue weighted by Gasteiger charge is 2.29. The number of piperidine rings is 1. The van der Waals surface area contributed by atoms with Gasteiger partial charge in [-0.3, -0.25) is 9.69 Å². The lowest BCUT2D eigenvalue weighted by Crippen LogP contribution is -2.37. The number of allylic oxidation sites excluding steroid dienone is 1. The molecule has 1 heterocycles. The summed E-state index contributed by atoms with van der Waals surface area (Å²) in [4.78, 5) is 14.5. The lowest BCUT2D eigenvalue weighted by atomic mass is 10.1. The topological polar surface area (TPSA) is 32.3 Å². The van der Waals surface area contributed by atoms with E-state index in [1.165, 1.54) is 19.3 Å². The van der Waals surface area contributed by atoms with E-state index in [-0.39, 0.29) is 5.78 Å². The Balaban J connectivity index is 1.69. The van der Waals surface area contributed by atoms with Gasteiger partial charge in [-0.05, 0) is 44.1 Å². The first kappa shape index (κ1) is 12.4. The maximum atomic E-state index is 12.1. The fourth-order valence-corrected chi connectivity index (χ4v) is 2.92. The van der Waals surface area contributed by atoms with Crippen LogP contribution in [0.4, 0.5) is 5.69 Å². The highest BCUT2D eigenvalue weighted by atomic mass is 16.1. The molecule has 1 saturated heterocycles.